The van der Waals surface area contributed by atoms with Gasteiger partial charge in [-0.1, -0.05) is 30.5 Å². The van der Waals surface area contributed by atoms with Gasteiger partial charge in [0.15, 0.2) is 17.9 Å². The van der Waals surface area contributed by atoms with Crippen molar-refractivity contribution in [2.45, 2.75) is 88.5 Å². The Morgan fingerprint density at radius 2 is 1.57 bits per heavy atom. The Morgan fingerprint density at radius 1 is 0.861 bits per heavy atom. The SMILES string of the molecule is C.C#Cc1cccc(Nc2nc[n+](Cc3ccc(O[C@@H]4O[C@H](C(=O)O)[C@@H](O)[C@H](O)[C@H]4O)c(NC(=O)CCNC(=O)CCOCCOCCOCCN4C(=O)C5=C(C5)C4=O)c3)c3c2ncn3[C@@H]2O[C@H](COS(N)(=O)=O)[C@@H](O)[C@H]2O)c1. The largest absolute Gasteiger partial charge is 0.479 e. The number of fused-ring (bicyclic) bond motifs is 1. The van der Waals surface area contributed by atoms with Gasteiger partial charge >= 0.3 is 16.3 Å². The third-order valence-corrected chi connectivity index (χ3v) is 13.0. The number of nitrogens with two attached hydrogens (primary N) is 1. The molecule has 0 radical (unpaired) electrons. The van der Waals surface area contributed by atoms with E-state index in [1.54, 1.807) is 28.8 Å². The van der Waals surface area contributed by atoms with E-state index in [1.165, 1.54) is 40.3 Å². The molecule has 4 aliphatic rings. The summed E-state index contributed by atoms with van der Waals surface area (Å²) in [5.74, 6) is -0.702. The summed E-state index contributed by atoms with van der Waals surface area (Å²) < 4.78 is 64.2. The number of piperidine rings is 1. The standard InChI is InChI=1S/C48H55N9O20S.CH4/c1-2-25-4-3-5-27(18-25)53-42-35-43(57(24-51-35)46-39(63)36(60)32(75-46)22-74-78(49,69)70)55(23-52-42)21-26-6-7-31(76-48-40(64)37(61)38(62)41(77-48)47(67)68)30(19-26)54-34(59)8-10-50-33(58)9-12-71-14-16-73-17-15-72-13-11-56-44(65)28-20-29(28)45(56)66;/h1,3-7,18-19,23-24,32,36-41,46,48,60-64H,8-17,20-22H2,(H5,49,50,54,58,59,67,68,69,70);1H4/p+1/t32-,36-,37+,38+,39-,40-,41+,46-,48-;/m1./s1. The Bertz CT molecular complexity index is 3070. The maximum absolute atomic E-state index is 13.5. The van der Waals surface area contributed by atoms with Gasteiger partial charge in [-0.3, -0.25) is 28.3 Å². The molecule has 79 heavy (non-hydrogen) atoms. The minimum absolute atomic E-state index is 0. The van der Waals surface area contributed by atoms with Crippen molar-refractivity contribution in [2.24, 2.45) is 5.14 Å². The molecular formula is C49H60N9O20S+. The predicted molar refractivity (Wildman–Crippen MR) is 269 cm³/mol. The number of likely N-dealkylation sites (tertiary alicyclic amines) is 1. The van der Waals surface area contributed by atoms with Crippen LogP contribution in [0.4, 0.5) is 17.2 Å². The number of aliphatic carboxylic acids is 1. The number of hydrogen-bond acceptors (Lipinski definition) is 22. The number of hydrogen-bond donors (Lipinski definition) is 10. The molecule has 3 aliphatic heterocycles. The van der Waals surface area contributed by atoms with E-state index in [2.05, 4.69) is 36.0 Å². The number of aliphatic hydroxyl groups is 5. The van der Waals surface area contributed by atoms with E-state index in [9.17, 15) is 63.0 Å². The van der Waals surface area contributed by atoms with Crippen LogP contribution in [0.25, 0.3) is 11.2 Å². The van der Waals surface area contributed by atoms with Gasteiger partial charge in [0.2, 0.25) is 36.5 Å². The first kappa shape index (κ1) is 59.6. The second-order valence-electron chi connectivity index (χ2n) is 18.0. The number of carbonyl (C=O) groups excluding carboxylic acids is 4. The Hall–Kier alpha value is -7.09. The fourth-order valence-electron chi connectivity index (χ4n) is 8.51. The Morgan fingerprint density at radius 3 is 2.27 bits per heavy atom. The van der Waals surface area contributed by atoms with Crippen molar-refractivity contribution in [3.05, 3.63) is 77.4 Å². The highest BCUT2D eigenvalue weighted by Gasteiger charge is 2.50. The number of aliphatic hydroxyl groups excluding tert-OH is 5. The molecule has 5 heterocycles. The predicted octanol–water partition coefficient (Wildman–Crippen LogP) is -2.81. The van der Waals surface area contributed by atoms with Crippen molar-refractivity contribution in [3.8, 4) is 18.1 Å². The molecule has 2 aromatic heterocycles. The van der Waals surface area contributed by atoms with Crippen LogP contribution in [0.1, 0.15) is 44.0 Å². The van der Waals surface area contributed by atoms with Crippen LogP contribution in [0, 0.1) is 12.3 Å². The normalized spacial score (nSPS) is 23.5. The number of anilines is 3. The van der Waals surface area contributed by atoms with Crippen LogP contribution in [0.2, 0.25) is 0 Å². The number of nitrogens with one attached hydrogen (secondary N) is 3. The van der Waals surface area contributed by atoms with Gasteiger partial charge in [0, 0.05) is 48.2 Å². The molecule has 4 aromatic rings. The van der Waals surface area contributed by atoms with Crippen molar-refractivity contribution in [2.75, 3.05) is 70.0 Å². The number of aromatic nitrogens is 4. The summed E-state index contributed by atoms with van der Waals surface area (Å²) in [6.07, 6.45) is -7.53. The van der Waals surface area contributed by atoms with E-state index >= 15 is 0 Å². The van der Waals surface area contributed by atoms with Gasteiger partial charge in [0.25, 0.3) is 17.5 Å². The summed E-state index contributed by atoms with van der Waals surface area (Å²) in [7, 11) is -4.46. The number of terminal acetylenes is 1. The van der Waals surface area contributed by atoms with Crippen LogP contribution in [-0.2, 0) is 68.7 Å². The summed E-state index contributed by atoms with van der Waals surface area (Å²) in [6, 6.07) is 11.1. The number of ether oxygens (including phenoxy) is 6. The molecule has 0 unspecified atom stereocenters. The van der Waals surface area contributed by atoms with Gasteiger partial charge in [-0.25, -0.2) is 24.1 Å². The smallest absolute Gasteiger partial charge is 0.335 e. The van der Waals surface area contributed by atoms with Gasteiger partial charge in [-0.15, -0.1) is 6.42 Å². The lowest BCUT2D eigenvalue weighted by Crippen LogP contribution is -2.61. The molecule has 11 N–H and O–H groups in total. The van der Waals surface area contributed by atoms with E-state index in [0.29, 0.717) is 34.4 Å². The highest BCUT2D eigenvalue weighted by Crippen LogP contribution is 2.40. The summed E-state index contributed by atoms with van der Waals surface area (Å²) in [4.78, 5) is 72.3. The van der Waals surface area contributed by atoms with Crippen LogP contribution < -0.4 is 30.4 Å². The topological polar surface area (TPSA) is 405 Å². The van der Waals surface area contributed by atoms with Crippen molar-refractivity contribution in [1.82, 2.24) is 24.8 Å². The third kappa shape index (κ3) is 14.6. The van der Waals surface area contributed by atoms with E-state index in [1.807, 2.05) is 0 Å². The van der Waals surface area contributed by atoms with E-state index in [0.717, 1.165) is 0 Å². The molecular weight excluding hydrogens is 1070 g/mol. The van der Waals surface area contributed by atoms with Gasteiger partial charge in [0.1, 0.15) is 42.4 Å². The fraction of sp³-hybridized carbons (Fsp3) is 0.469. The zero-order valence-electron chi connectivity index (χ0n) is 41.3. The number of carboxylic acid groups (broad SMARTS) is 1. The molecule has 426 valence electrons. The number of benzene rings is 2. The van der Waals surface area contributed by atoms with Crippen LogP contribution in [0.5, 0.6) is 5.75 Å². The fourth-order valence-corrected chi connectivity index (χ4v) is 8.84. The number of imide groups is 1. The number of rotatable bonds is 27. The zero-order valence-corrected chi connectivity index (χ0v) is 42.1. The first-order valence-corrected chi connectivity index (χ1v) is 25.7. The van der Waals surface area contributed by atoms with Crippen LogP contribution in [0.3, 0.4) is 0 Å². The quantitative estimate of drug-likeness (QED) is 0.0125. The molecule has 29 nitrogen and oxygen atoms in total. The lowest BCUT2D eigenvalue weighted by Gasteiger charge is -2.38. The molecule has 30 heteroatoms. The minimum atomic E-state index is -4.46. The first-order chi connectivity index (χ1) is 37.3. The average Bonchev–Trinajstić information content (AvgIpc) is 4.02. The number of carbonyl (C=O) groups is 5. The molecule has 0 bridgehead atoms. The monoisotopic (exact) mass is 1130 g/mol. The molecule has 4 amide bonds. The number of nitrogens with zero attached hydrogens (tertiary/aromatic N) is 5. The zero-order chi connectivity index (χ0) is 55.8. The molecule has 0 spiro atoms. The lowest BCUT2D eigenvalue weighted by molar-refractivity contribution is -0.668. The second kappa shape index (κ2) is 26.2. The Kier molecular flexibility index (Phi) is 19.8. The number of amides is 4. The van der Waals surface area contributed by atoms with Gasteiger partial charge in [0.05, 0.1) is 65.0 Å². The highest BCUT2D eigenvalue weighted by molar-refractivity contribution is 7.84. The molecule has 9 atom stereocenters. The Labute approximate surface area is 451 Å². The third-order valence-electron chi connectivity index (χ3n) is 12.6. The van der Waals surface area contributed by atoms with Crippen LogP contribution >= 0.6 is 0 Å². The van der Waals surface area contributed by atoms with Crippen LogP contribution in [0.15, 0.2) is 66.3 Å². The summed E-state index contributed by atoms with van der Waals surface area (Å²) in [5, 5.41) is 76.8. The highest BCUT2D eigenvalue weighted by atomic mass is 32.2. The van der Waals surface area contributed by atoms with Crippen molar-refractivity contribution < 1.29 is 100 Å². The molecule has 2 saturated heterocycles. The van der Waals surface area contributed by atoms with Crippen molar-refractivity contribution in [1.29, 1.82) is 0 Å². The number of carboxylic acids is 1. The number of imidazole rings is 1. The summed E-state index contributed by atoms with van der Waals surface area (Å²) >= 11 is 0. The van der Waals surface area contributed by atoms with E-state index < -0.39 is 89.9 Å². The second-order valence-corrected chi connectivity index (χ2v) is 19.3. The molecule has 1 aliphatic carbocycles. The van der Waals surface area contributed by atoms with E-state index in [-0.39, 0.29) is 120 Å². The molecule has 2 fully saturated rings. The van der Waals surface area contributed by atoms with Crippen LogP contribution in [-0.4, -0.2) is 196 Å². The van der Waals surface area contributed by atoms with Gasteiger partial charge in [-0.05, 0) is 35.9 Å². The summed E-state index contributed by atoms with van der Waals surface area (Å²) in [5.41, 5.74) is 3.00. The molecule has 0 saturated carbocycles. The maximum atomic E-state index is 13.5. The van der Waals surface area contributed by atoms with Gasteiger partial charge in [-0.2, -0.15) is 8.42 Å². The first-order valence-electron chi connectivity index (χ1n) is 24.2. The lowest BCUT2D eigenvalue weighted by atomic mass is 9.99. The average molecular weight is 1130 g/mol. The molecule has 8 rings (SSSR count). The van der Waals surface area contributed by atoms with Crippen molar-refractivity contribution >= 4 is 68.3 Å². The Balaban J connectivity index is 0.00000903. The molecule has 2 aromatic carbocycles. The summed E-state index contributed by atoms with van der Waals surface area (Å²) in [6.45, 7) is 0.257. The maximum Gasteiger partial charge on any atom is 0.335 e. The van der Waals surface area contributed by atoms with E-state index in [4.69, 9.17) is 40.0 Å². The minimum Gasteiger partial charge on any atom is -0.479 e. The van der Waals surface area contributed by atoms with Crippen molar-refractivity contribution in [3.63, 3.8) is 0 Å². The van der Waals surface area contributed by atoms with Gasteiger partial charge < -0.3 is 75.0 Å².